The van der Waals surface area contributed by atoms with Crippen molar-refractivity contribution < 1.29 is 18.3 Å². The van der Waals surface area contributed by atoms with Crippen molar-refractivity contribution in [3.05, 3.63) is 77.0 Å². The maximum atomic E-state index is 13.8. The number of fused-ring (bicyclic) bond motifs is 1. The fourth-order valence-electron chi connectivity index (χ4n) is 3.92. The van der Waals surface area contributed by atoms with Crippen molar-refractivity contribution in [3.63, 3.8) is 0 Å². The molecule has 2 aromatic carbocycles. The summed E-state index contributed by atoms with van der Waals surface area (Å²) in [5.41, 5.74) is 3.23. The van der Waals surface area contributed by atoms with E-state index in [9.17, 15) is 13.6 Å². The number of anilines is 1. The zero-order chi connectivity index (χ0) is 22.7. The summed E-state index contributed by atoms with van der Waals surface area (Å²) in [5, 5.41) is 10.2. The number of carbonyl (C=O) groups excluding carboxylic acids is 1. The average Bonchev–Trinajstić information content (AvgIpc) is 3.26. The number of aromatic nitrogens is 2. The fraction of sp³-hybridized carbons (Fsp3) is 0.333. The average molecular weight is 440 g/mol. The minimum atomic E-state index is -2.59. The highest BCUT2D eigenvalue weighted by molar-refractivity contribution is 5.98. The number of nitrogens with zero attached hydrogens (tertiary/aromatic N) is 2. The van der Waals surface area contributed by atoms with Crippen molar-refractivity contribution in [3.8, 4) is 5.75 Å². The Bertz CT molecular complexity index is 1060. The van der Waals surface area contributed by atoms with E-state index in [1.807, 2.05) is 48.5 Å². The zero-order valence-corrected chi connectivity index (χ0v) is 18.0. The minimum Gasteiger partial charge on any atom is -0.497 e. The molecule has 8 heteroatoms. The Kier molecular flexibility index (Phi) is 6.39. The molecule has 0 aliphatic carbocycles. The third kappa shape index (κ3) is 4.44. The van der Waals surface area contributed by atoms with Gasteiger partial charge in [-0.1, -0.05) is 43.3 Å². The highest BCUT2D eigenvalue weighted by atomic mass is 19.3. The van der Waals surface area contributed by atoms with E-state index in [-0.39, 0.29) is 23.9 Å². The second-order valence-electron chi connectivity index (χ2n) is 7.81. The molecule has 6 nitrogen and oxygen atoms in total. The number of rotatable bonds is 7. The molecule has 2 N–H and O–H groups in total. The third-order valence-electron chi connectivity index (χ3n) is 5.84. The number of hydrogen-bond acceptors (Lipinski definition) is 4. The first-order valence-electron chi connectivity index (χ1n) is 10.6. The first-order chi connectivity index (χ1) is 15.5. The number of carbonyl (C=O) groups is 1. The van der Waals surface area contributed by atoms with Crippen LogP contribution in [0.4, 0.5) is 14.6 Å². The van der Waals surface area contributed by atoms with Crippen LogP contribution in [0.25, 0.3) is 0 Å². The molecule has 0 radical (unpaired) electrons. The van der Waals surface area contributed by atoms with Crippen LogP contribution in [0.3, 0.4) is 0 Å². The topological polar surface area (TPSA) is 68.2 Å². The van der Waals surface area contributed by atoms with Crippen LogP contribution in [-0.4, -0.2) is 29.2 Å². The molecule has 0 saturated carbocycles. The molecule has 1 aliphatic rings. The molecular formula is C24H26F2N4O2. The predicted molar refractivity (Wildman–Crippen MR) is 118 cm³/mol. The van der Waals surface area contributed by atoms with Gasteiger partial charge in [0.1, 0.15) is 23.2 Å². The number of halogens is 2. The molecule has 1 aromatic heterocycles. The molecule has 2 atom stereocenters. The van der Waals surface area contributed by atoms with E-state index in [0.29, 0.717) is 12.4 Å². The number of aryl methyl sites for hydroxylation is 1. The molecule has 2 heterocycles. The van der Waals surface area contributed by atoms with Crippen LogP contribution in [0.1, 0.15) is 52.5 Å². The number of nitrogens with one attached hydrogen (secondary N) is 2. The second kappa shape index (κ2) is 9.38. The Morgan fingerprint density at radius 2 is 1.88 bits per heavy atom. The van der Waals surface area contributed by atoms with Crippen LogP contribution < -0.4 is 15.4 Å². The molecule has 168 valence electrons. The second-order valence-corrected chi connectivity index (χ2v) is 7.81. The quantitative estimate of drug-likeness (QED) is 0.557. The van der Waals surface area contributed by atoms with Gasteiger partial charge in [0.25, 0.3) is 12.3 Å². The summed E-state index contributed by atoms with van der Waals surface area (Å²) in [6.45, 7) is 2.36. The Morgan fingerprint density at radius 1 is 1.19 bits per heavy atom. The van der Waals surface area contributed by atoms with Crippen LogP contribution >= 0.6 is 0 Å². The third-order valence-corrected chi connectivity index (χ3v) is 5.84. The van der Waals surface area contributed by atoms with Crippen molar-refractivity contribution in [2.75, 3.05) is 12.4 Å². The van der Waals surface area contributed by atoms with E-state index in [0.717, 1.165) is 23.3 Å². The van der Waals surface area contributed by atoms with Gasteiger partial charge in [0.2, 0.25) is 0 Å². The standard InChI is InChI=1S/C24H26F2N4O2/c1-3-15-4-8-17(9-5-15)20-12-21(22(25)26)30-23(29-20)19(14-28-30)24(31)27-13-16-6-10-18(32-2)11-7-16/h4-11,14,20-22,29H,3,12-13H2,1-2H3,(H,27,31)/t20-,21+/m0/s1. The van der Waals surface area contributed by atoms with Gasteiger partial charge in [-0.25, -0.2) is 13.5 Å². The molecular weight excluding hydrogens is 414 g/mol. The van der Waals surface area contributed by atoms with Crippen molar-refractivity contribution in [1.82, 2.24) is 15.1 Å². The van der Waals surface area contributed by atoms with Gasteiger partial charge in [0, 0.05) is 6.54 Å². The van der Waals surface area contributed by atoms with Crippen LogP contribution in [0.2, 0.25) is 0 Å². The smallest absolute Gasteiger partial charge is 0.260 e. The zero-order valence-electron chi connectivity index (χ0n) is 18.0. The maximum Gasteiger partial charge on any atom is 0.260 e. The molecule has 0 unspecified atom stereocenters. The lowest BCUT2D eigenvalue weighted by Crippen LogP contribution is -2.32. The van der Waals surface area contributed by atoms with Gasteiger partial charge in [0.05, 0.1) is 19.3 Å². The first kappa shape index (κ1) is 21.8. The van der Waals surface area contributed by atoms with E-state index >= 15 is 0 Å². The molecule has 0 bridgehead atoms. The summed E-state index contributed by atoms with van der Waals surface area (Å²) in [5.74, 6) is 0.675. The lowest BCUT2D eigenvalue weighted by atomic mass is 9.96. The Hall–Kier alpha value is -3.42. The van der Waals surface area contributed by atoms with E-state index in [2.05, 4.69) is 22.7 Å². The first-order valence-corrected chi connectivity index (χ1v) is 10.6. The Balaban J connectivity index is 1.54. The molecule has 3 aromatic rings. The van der Waals surface area contributed by atoms with E-state index < -0.39 is 12.5 Å². The van der Waals surface area contributed by atoms with Crippen LogP contribution in [0.15, 0.2) is 54.7 Å². The number of amides is 1. The Labute approximate surface area is 185 Å². The van der Waals surface area contributed by atoms with Gasteiger partial charge in [-0.2, -0.15) is 5.10 Å². The minimum absolute atomic E-state index is 0.185. The molecule has 0 saturated heterocycles. The van der Waals surface area contributed by atoms with Crippen molar-refractivity contribution in [2.24, 2.45) is 0 Å². The largest absolute Gasteiger partial charge is 0.497 e. The molecule has 0 fully saturated rings. The summed E-state index contributed by atoms with van der Waals surface area (Å²) < 4.78 is 34.1. The molecule has 4 rings (SSSR count). The maximum absolute atomic E-state index is 13.8. The SMILES string of the molecule is CCc1ccc([C@@H]2C[C@H](C(F)F)n3ncc(C(=O)NCc4ccc(OC)cc4)c3N2)cc1. The Morgan fingerprint density at radius 3 is 2.50 bits per heavy atom. The van der Waals surface area contributed by atoms with Gasteiger partial charge >= 0.3 is 0 Å². The molecule has 1 amide bonds. The van der Waals surface area contributed by atoms with E-state index in [4.69, 9.17) is 4.74 Å². The number of benzene rings is 2. The summed E-state index contributed by atoms with van der Waals surface area (Å²) in [4.78, 5) is 12.9. The van der Waals surface area contributed by atoms with Crippen LogP contribution in [-0.2, 0) is 13.0 Å². The summed E-state index contributed by atoms with van der Waals surface area (Å²) >= 11 is 0. The van der Waals surface area contributed by atoms with Crippen molar-refractivity contribution >= 4 is 11.7 Å². The van der Waals surface area contributed by atoms with Crippen molar-refractivity contribution in [2.45, 2.75) is 44.8 Å². The number of methoxy groups -OCH3 is 1. The highest BCUT2D eigenvalue weighted by Gasteiger charge is 2.36. The highest BCUT2D eigenvalue weighted by Crippen LogP contribution is 2.39. The summed E-state index contributed by atoms with van der Waals surface area (Å²) in [7, 11) is 1.59. The van der Waals surface area contributed by atoms with Gasteiger partial charge in [-0.3, -0.25) is 4.79 Å². The number of alkyl halides is 2. The van der Waals surface area contributed by atoms with Gasteiger partial charge in [-0.15, -0.1) is 0 Å². The van der Waals surface area contributed by atoms with E-state index in [1.165, 1.54) is 16.4 Å². The van der Waals surface area contributed by atoms with Gasteiger partial charge < -0.3 is 15.4 Å². The van der Waals surface area contributed by atoms with Gasteiger partial charge in [-0.05, 0) is 41.7 Å². The van der Waals surface area contributed by atoms with Gasteiger partial charge in [0.15, 0.2) is 0 Å². The molecule has 0 spiro atoms. The fourth-order valence-corrected chi connectivity index (χ4v) is 3.92. The van der Waals surface area contributed by atoms with Crippen LogP contribution in [0.5, 0.6) is 5.75 Å². The molecule has 1 aliphatic heterocycles. The number of ether oxygens (including phenoxy) is 1. The lowest BCUT2D eigenvalue weighted by molar-refractivity contribution is 0.0656. The van der Waals surface area contributed by atoms with Crippen LogP contribution in [0, 0.1) is 0 Å². The lowest BCUT2D eigenvalue weighted by Gasteiger charge is -2.32. The van der Waals surface area contributed by atoms with E-state index in [1.54, 1.807) is 7.11 Å². The monoisotopic (exact) mass is 440 g/mol. The summed E-state index contributed by atoms with van der Waals surface area (Å²) in [6, 6.07) is 13.8. The summed E-state index contributed by atoms with van der Waals surface area (Å²) in [6.07, 6.45) is -0.152. The predicted octanol–water partition coefficient (Wildman–Crippen LogP) is 4.75. The van der Waals surface area contributed by atoms with Crippen molar-refractivity contribution in [1.29, 1.82) is 0 Å². The number of hydrogen-bond donors (Lipinski definition) is 2. The normalized spacial score (nSPS) is 17.5. The molecule has 32 heavy (non-hydrogen) atoms.